The van der Waals surface area contributed by atoms with E-state index >= 15 is 0 Å². The summed E-state index contributed by atoms with van der Waals surface area (Å²) in [5.74, 6) is 0.619. The number of fused-ring (bicyclic) bond motifs is 1. The van der Waals surface area contributed by atoms with Gasteiger partial charge in [0.25, 0.3) is 0 Å². The number of hydrogen-bond donors (Lipinski definition) is 0. The van der Waals surface area contributed by atoms with Crippen molar-refractivity contribution in [3.8, 4) is 0 Å². The number of rotatable bonds is 1. The van der Waals surface area contributed by atoms with Crippen LogP contribution in [0.3, 0.4) is 0 Å². The first-order valence-corrected chi connectivity index (χ1v) is 5.56. The van der Waals surface area contributed by atoms with Crippen LogP contribution in [0, 0.1) is 5.92 Å². The Morgan fingerprint density at radius 1 is 1.58 bits per heavy atom. The SMILES string of the molecule is CC(C)C1=NC2CCC=CC2S1. The molecule has 1 heterocycles. The third-order valence-electron chi connectivity index (χ3n) is 2.38. The second kappa shape index (κ2) is 3.25. The molecule has 1 aliphatic heterocycles. The molecule has 0 aromatic heterocycles. The lowest BCUT2D eigenvalue weighted by atomic mass is 10.0. The lowest BCUT2D eigenvalue weighted by molar-refractivity contribution is 0.626. The second-order valence-electron chi connectivity index (χ2n) is 3.78. The Morgan fingerprint density at radius 2 is 2.42 bits per heavy atom. The van der Waals surface area contributed by atoms with Gasteiger partial charge in [0.05, 0.1) is 16.3 Å². The maximum Gasteiger partial charge on any atom is 0.0711 e. The van der Waals surface area contributed by atoms with E-state index in [1.165, 1.54) is 17.9 Å². The largest absolute Gasteiger partial charge is 0.278 e. The summed E-state index contributed by atoms with van der Waals surface area (Å²) in [6, 6.07) is 0.595. The molecule has 1 aliphatic carbocycles. The predicted octanol–water partition coefficient (Wildman–Crippen LogP) is 2.87. The lowest BCUT2D eigenvalue weighted by Gasteiger charge is -2.16. The van der Waals surface area contributed by atoms with Crippen molar-refractivity contribution in [1.29, 1.82) is 0 Å². The summed E-state index contributed by atoms with van der Waals surface area (Å²) in [5.41, 5.74) is 0. The smallest absolute Gasteiger partial charge is 0.0711 e. The van der Waals surface area contributed by atoms with Gasteiger partial charge >= 0.3 is 0 Å². The summed E-state index contributed by atoms with van der Waals surface area (Å²) in [5, 5.41) is 2.02. The normalized spacial score (nSPS) is 33.8. The van der Waals surface area contributed by atoms with Crippen molar-refractivity contribution >= 4 is 16.8 Å². The molecule has 2 aliphatic rings. The Hall–Kier alpha value is -0.240. The highest BCUT2D eigenvalue weighted by molar-refractivity contribution is 8.15. The predicted molar refractivity (Wildman–Crippen MR) is 55.8 cm³/mol. The van der Waals surface area contributed by atoms with Crippen molar-refractivity contribution < 1.29 is 0 Å². The van der Waals surface area contributed by atoms with Crippen molar-refractivity contribution in [3.63, 3.8) is 0 Å². The van der Waals surface area contributed by atoms with Gasteiger partial charge in [0, 0.05) is 5.92 Å². The fourth-order valence-electron chi connectivity index (χ4n) is 1.66. The minimum Gasteiger partial charge on any atom is -0.278 e. The molecule has 0 fully saturated rings. The van der Waals surface area contributed by atoms with Gasteiger partial charge in [-0.05, 0) is 12.8 Å². The van der Waals surface area contributed by atoms with E-state index in [1.807, 2.05) is 11.8 Å². The standard InChI is InChI=1S/C10H15NS/c1-7(2)10-11-8-5-3-4-6-9(8)12-10/h4,6-9H,3,5H2,1-2H3. The van der Waals surface area contributed by atoms with Gasteiger partial charge in [-0.3, -0.25) is 4.99 Å². The van der Waals surface area contributed by atoms with E-state index in [2.05, 4.69) is 26.0 Å². The zero-order valence-corrected chi connectivity index (χ0v) is 8.47. The first kappa shape index (κ1) is 8.36. The highest BCUT2D eigenvalue weighted by Crippen LogP contribution is 2.35. The minimum atomic E-state index is 0.595. The van der Waals surface area contributed by atoms with Gasteiger partial charge in [-0.15, -0.1) is 11.8 Å². The van der Waals surface area contributed by atoms with Crippen molar-refractivity contribution in [2.75, 3.05) is 0 Å². The van der Waals surface area contributed by atoms with Crippen LogP contribution in [0.25, 0.3) is 0 Å². The zero-order chi connectivity index (χ0) is 8.55. The van der Waals surface area contributed by atoms with Crippen LogP contribution < -0.4 is 0 Å². The van der Waals surface area contributed by atoms with Crippen LogP contribution in [0.1, 0.15) is 26.7 Å². The number of thioether (sulfide) groups is 1. The molecule has 0 spiro atoms. The average Bonchev–Trinajstić information content (AvgIpc) is 2.46. The van der Waals surface area contributed by atoms with Crippen molar-refractivity contribution in [2.24, 2.45) is 10.9 Å². The quantitative estimate of drug-likeness (QED) is 0.567. The van der Waals surface area contributed by atoms with Crippen LogP contribution in [-0.4, -0.2) is 16.3 Å². The van der Waals surface area contributed by atoms with Gasteiger partial charge in [-0.2, -0.15) is 0 Å². The lowest BCUT2D eigenvalue weighted by Crippen LogP contribution is -2.17. The zero-order valence-electron chi connectivity index (χ0n) is 7.66. The highest BCUT2D eigenvalue weighted by Gasteiger charge is 2.30. The maximum atomic E-state index is 4.74. The van der Waals surface area contributed by atoms with Gasteiger partial charge in [-0.25, -0.2) is 0 Å². The molecule has 2 heteroatoms. The van der Waals surface area contributed by atoms with E-state index in [1.54, 1.807) is 0 Å². The Balaban J connectivity index is 2.11. The molecule has 0 saturated heterocycles. The van der Waals surface area contributed by atoms with E-state index in [9.17, 15) is 0 Å². The summed E-state index contributed by atoms with van der Waals surface area (Å²) < 4.78 is 0. The first-order valence-electron chi connectivity index (χ1n) is 4.68. The van der Waals surface area contributed by atoms with Crippen LogP contribution in [0.4, 0.5) is 0 Å². The maximum absolute atomic E-state index is 4.74. The fourth-order valence-corrected chi connectivity index (χ4v) is 2.96. The molecular weight excluding hydrogens is 166 g/mol. The molecule has 0 aromatic rings. The molecule has 2 atom stereocenters. The summed E-state index contributed by atoms with van der Waals surface area (Å²) >= 11 is 1.97. The molecule has 1 nitrogen and oxygen atoms in total. The Labute approximate surface area is 78.3 Å². The molecule has 0 radical (unpaired) electrons. The van der Waals surface area contributed by atoms with E-state index in [4.69, 9.17) is 4.99 Å². The number of aliphatic imine (C=N–C) groups is 1. The molecule has 0 aromatic carbocycles. The van der Waals surface area contributed by atoms with Crippen LogP contribution >= 0.6 is 11.8 Å². The molecule has 12 heavy (non-hydrogen) atoms. The van der Waals surface area contributed by atoms with Crippen molar-refractivity contribution in [3.05, 3.63) is 12.2 Å². The van der Waals surface area contributed by atoms with Crippen molar-refractivity contribution in [1.82, 2.24) is 0 Å². The van der Waals surface area contributed by atoms with Gasteiger partial charge in [0.2, 0.25) is 0 Å². The highest BCUT2D eigenvalue weighted by atomic mass is 32.2. The van der Waals surface area contributed by atoms with E-state index in [0.717, 1.165) is 0 Å². The molecule has 2 rings (SSSR count). The van der Waals surface area contributed by atoms with E-state index < -0.39 is 0 Å². The summed E-state index contributed by atoms with van der Waals surface area (Å²) in [6.07, 6.45) is 7.10. The van der Waals surface area contributed by atoms with Crippen LogP contribution in [0.15, 0.2) is 17.1 Å². The Morgan fingerprint density at radius 3 is 3.08 bits per heavy atom. The van der Waals surface area contributed by atoms with Gasteiger partial charge in [0.15, 0.2) is 0 Å². The van der Waals surface area contributed by atoms with Gasteiger partial charge in [-0.1, -0.05) is 26.0 Å². The van der Waals surface area contributed by atoms with Crippen LogP contribution in [0.5, 0.6) is 0 Å². The molecule has 2 unspecified atom stereocenters. The average molecular weight is 181 g/mol. The monoisotopic (exact) mass is 181 g/mol. The summed E-state index contributed by atoms with van der Waals surface area (Å²) in [4.78, 5) is 4.74. The topological polar surface area (TPSA) is 12.4 Å². The number of nitrogens with zero attached hydrogens (tertiary/aromatic N) is 1. The fraction of sp³-hybridized carbons (Fsp3) is 0.700. The van der Waals surface area contributed by atoms with Gasteiger partial charge < -0.3 is 0 Å². The third-order valence-corrected chi connectivity index (χ3v) is 3.94. The number of allylic oxidation sites excluding steroid dienone is 1. The molecular formula is C10H15NS. The summed E-state index contributed by atoms with van der Waals surface area (Å²) in [7, 11) is 0. The molecule has 0 bridgehead atoms. The van der Waals surface area contributed by atoms with Gasteiger partial charge in [0.1, 0.15) is 0 Å². The minimum absolute atomic E-state index is 0.595. The van der Waals surface area contributed by atoms with E-state index in [-0.39, 0.29) is 0 Å². The van der Waals surface area contributed by atoms with Crippen molar-refractivity contribution in [2.45, 2.75) is 38.0 Å². The first-order chi connectivity index (χ1) is 5.77. The third kappa shape index (κ3) is 1.45. The van der Waals surface area contributed by atoms with E-state index in [0.29, 0.717) is 17.2 Å². The Bertz CT molecular complexity index is 230. The summed E-state index contributed by atoms with van der Waals surface area (Å²) in [6.45, 7) is 4.46. The van der Waals surface area contributed by atoms with Crippen LogP contribution in [0.2, 0.25) is 0 Å². The molecule has 0 N–H and O–H groups in total. The van der Waals surface area contributed by atoms with Crippen LogP contribution in [-0.2, 0) is 0 Å². The molecule has 0 saturated carbocycles. The Kier molecular flexibility index (Phi) is 2.26. The molecule has 66 valence electrons. The second-order valence-corrected chi connectivity index (χ2v) is 4.98. The number of hydrogen-bond acceptors (Lipinski definition) is 2. The molecule has 0 amide bonds.